The van der Waals surface area contributed by atoms with Gasteiger partial charge in [0.25, 0.3) is 0 Å². The summed E-state index contributed by atoms with van der Waals surface area (Å²) in [5.41, 5.74) is 11.1. The molecule has 0 saturated carbocycles. The molecule has 1 aromatic carbocycles. The molecular formula is C29H31N9O5. The molecule has 0 bridgehead atoms. The van der Waals surface area contributed by atoms with Gasteiger partial charge < -0.3 is 25.2 Å². The molecule has 43 heavy (non-hydrogen) atoms. The Hall–Kier alpha value is -5.08. The van der Waals surface area contributed by atoms with Gasteiger partial charge in [-0.25, -0.2) is 14.3 Å². The van der Waals surface area contributed by atoms with Gasteiger partial charge in [-0.2, -0.15) is 19.8 Å². The number of ether oxygens (including phenoxy) is 2. The van der Waals surface area contributed by atoms with E-state index in [0.717, 1.165) is 22.6 Å². The number of nitrogens with two attached hydrogens (primary N) is 1. The number of rotatable bonds is 9. The molecular weight excluding hydrogens is 554 g/mol. The minimum absolute atomic E-state index is 0.213. The molecule has 0 spiro atoms. The predicted octanol–water partition coefficient (Wildman–Crippen LogP) is 2.20. The lowest BCUT2D eigenvalue weighted by Crippen LogP contribution is -2.37. The van der Waals surface area contributed by atoms with Crippen LogP contribution in [-0.2, 0) is 25.8 Å². The van der Waals surface area contributed by atoms with Crippen LogP contribution in [0, 0.1) is 13.8 Å². The number of anilines is 1. The van der Waals surface area contributed by atoms with E-state index in [1.165, 1.54) is 4.68 Å². The largest absolute Gasteiger partial charge is 0.481 e. The summed E-state index contributed by atoms with van der Waals surface area (Å²) in [7, 11) is 0. The van der Waals surface area contributed by atoms with Crippen LogP contribution in [0.5, 0.6) is 0 Å². The lowest BCUT2D eigenvalue weighted by molar-refractivity contribution is -0.152. The highest BCUT2D eigenvalue weighted by molar-refractivity contribution is 5.81. The minimum Gasteiger partial charge on any atom is -0.481 e. The fraction of sp³-hybridized carbons (Fsp3) is 0.310. The monoisotopic (exact) mass is 585 g/mol. The second-order valence-electron chi connectivity index (χ2n) is 10.4. The van der Waals surface area contributed by atoms with Crippen LogP contribution in [0.1, 0.15) is 17.7 Å². The van der Waals surface area contributed by atoms with Crippen molar-refractivity contribution in [2.75, 3.05) is 31.2 Å². The molecule has 3 N–H and O–H groups in total. The molecule has 0 amide bonds. The molecule has 1 fully saturated rings. The van der Waals surface area contributed by atoms with Crippen LogP contribution in [-0.4, -0.2) is 83.5 Å². The highest BCUT2D eigenvalue weighted by atomic mass is 16.5. The molecule has 0 unspecified atom stereocenters. The number of carbonyl (C=O) groups excluding carboxylic acids is 1. The summed E-state index contributed by atoms with van der Waals surface area (Å²) in [5.74, 6) is -0.505. The summed E-state index contributed by atoms with van der Waals surface area (Å²) >= 11 is 0. The maximum atomic E-state index is 12.1. The van der Waals surface area contributed by atoms with Gasteiger partial charge in [0.15, 0.2) is 18.2 Å². The molecule has 14 heteroatoms. The van der Waals surface area contributed by atoms with Gasteiger partial charge in [0.05, 0.1) is 25.3 Å². The van der Waals surface area contributed by atoms with Crippen molar-refractivity contribution >= 4 is 23.4 Å². The van der Waals surface area contributed by atoms with Crippen molar-refractivity contribution in [2.45, 2.75) is 33.0 Å². The highest BCUT2D eigenvalue weighted by Crippen LogP contribution is 2.26. The van der Waals surface area contributed by atoms with Crippen LogP contribution in [0.4, 0.5) is 5.82 Å². The zero-order valence-electron chi connectivity index (χ0n) is 23.8. The number of fused-ring (bicyclic) bond motifs is 1. The molecule has 4 aromatic heterocycles. The number of hydrogen-bond donors (Lipinski definition) is 2. The van der Waals surface area contributed by atoms with Crippen LogP contribution in [0.25, 0.3) is 34.1 Å². The summed E-state index contributed by atoms with van der Waals surface area (Å²) in [6.45, 7) is 6.26. The average Bonchev–Trinajstić information content (AvgIpc) is 3.74. The number of esters is 1. The smallest absolute Gasteiger partial charge is 0.325 e. The molecule has 5 aromatic rings. The van der Waals surface area contributed by atoms with Crippen molar-refractivity contribution in [1.82, 2.24) is 34.2 Å². The third-order valence-corrected chi connectivity index (χ3v) is 7.14. The van der Waals surface area contributed by atoms with E-state index in [0.29, 0.717) is 54.9 Å². The van der Waals surface area contributed by atoms with Crippen molar-refractivity contribution < 1.29 is 24.2 Å². The van der Waals surface area contributed by atoms with E-state index in [1.54, 1.807) is 9.20 Å². The first-order chi connectivity index (χ1) is 20.7. The zero-order chi connectivity index (χ0) is 30.1. The quantitative estimate of drug-likeness (QED) is 0.243. The number of benzene rings is 1. The third kappa shape index (κ3) is 5.96. The lowest BCUT2D eigenvalue weighted by Gasteiger charge is -2.29. The second-order valence-corrected chi connectivity index (χ2v) is 10.4. The minimum atomic E-state index is -1.26. The zero-order valence-corrected chi connectivity index (χ0v) is 23.8. The predicted molar refractivity (Wildman–Crippen MR) is 156 cm³/mol. The molecule has 1 saturated heterocycles. The number of morpholine rings is 1. The first kappa shape index (κ1) is 28.1. The Labute approximate surface area is 246 Å². The summed E-state index contributed by atoms with van der Waals surface area (Å²) in [6, 6.07) is 14.5. The molecule has 222 valence electrons. The first-order valence-electron chi connectivity index (χ1n) is 13.8. The van der Waals surface area contributed by atoms with Crippen LogP contribution in [0.3, 0.4) is 0 Å². The summed E-state index contributed by atoms with van der Waals surface area (Å²) < 4.78 is 15.8. The standard InChI is InChI=1S/C29H31N9O5/c1-18-4-3-5-20(12-18)22-6-7-36(32-22)25-16-27(35-8-10-42-11-9-35)38-26(31-25)15-24(34-38)23-13-19(2)37(33-23)17-43-29(41)21(30)14-28(39)40/h3-7,12-13,15-16,21H,8-11,14,17,30H2,1-2H3,(H,39,40)/t21-/m0/s1. The molecule has 5 heterocycles. The van der Waals surface area contributed by atoms with Crippen molar-refractivity contribution in [1.29, 1.82) is 0 Å². The van der Waals surface area contributed by atoms with Crippen molar-refractivity contribution in [3.05, 3.63) is 66.0 Å². The van der Waals surface area contributed by atoms with E-state index in [2.05, 4.69) is 29.1 Å². The van der Waals surface area contributed by atoms with Gasteiger partial charge in [0.1, 0.15) is 23.2 Å². The van der Waals surface area contributed by atoms with Gasteiger partial charge in [0.2, 0.25) is 0 Å². The van der Waals surface area contributed by atoms with E-state index >= 15 is 0 Å². The van der Waals surface area contributed by atoms with Crippen molar-refractivity contribution in [3.8, 4) is 28.5 Å². The molecule has 0 aliphatic carbocycles. The molecule has 6 rings (SSSR count). The second kappa shape index (κ2) is 11.7. The number of carboxylic acids is 1. The van der Waals surface area contributed by atoms with Crippen molar-refractivity contribution in [3.63, 3.8) is 0 Å². The third-order valence-electron chi connectivity index (χ3n) is 7.14. The van der Waals surface area contributed by atoms with Gasteiger partial charge in [-0.15, -0.1) is 0 Å². The average molecular weight is 586 g/mol. The van der Waals surface area contributed by atoms with E-state index in [9.17, 15) is 9.59 Å². The number of aryl methyl sites for hydroxylation is 2. The Kier molecular flexibility index (Phi) is 7.61. The van der Waals surface area contributed by atoms with Gasteiger partial charge in [-0.3, -0.25) is 9.59 Å². The Balaban J connectivity index is 1.32. The number of aromatic nitrogens is 7. The Bertz CT molecular complexity index is 1800. The van der Waals surface area contributed by atoms with Crippen LogP contribution in [0.15, 0.2) is 54.7 Å². The van der Waals surface area contributed by atoms with Crippen LogP contribution >= 0.6 is 0 Å². The normalized spacial score (nSPS) is 14.3. The molecule has 1 aliphatic heterocycles. The Morgan fingerprint density at radius 1 is 1.02 bits per heavy atom. The van der Waals surface area contributed by atoms with Gasteiger partial charge in [0, 0.05) is 42.7 Å². The number of hydrogen-bond acceptors (Lipinski definition) is 10. The van der Waals surface area contributed by atoms with E-state index in [4.69, 9.17) is 35.5 Å². The topological polar surface area (TPSA) is 168 Å². The van der Waals surface area contributed by atoms with E-state index in [1.807, 2.05) is 49.5 Å². The summed E-state index contributed by atoms with van der Waals surface area (Å²) in [5, 5.41) is 23.1. The van der Waals surface area contributed by atoms with Crippen LogP contribution < -0.4 is 10.6 Å². The molecule has 1 atom stereocenters. The number of nitrogens with zero attached hydrogens (tertiary/aromatic N) is 8. The highest BCUT2D eigenvalue weighted by Gasteiger charge is 2.22. The number of aliphatic carboxylic acids is 1. The molecule has 1 aliphatic rings. The fourth-order valence-corrected chi connectivity index (χ4v) is 4.89. The summed E-state index contributed by atoms with van der Waals surface area (Å²) in [6.07, 6.45) is 1.38. The fourth-order valence-electron chi connectivity index (χ4n) is 4.89. The van der Waals surface area contributed by atoms with Crippen LogP contribution in [0.2, 0.25) is 0 Å². The van der Waals surface area contributed by atoms with E-state index < -0.39 is 24.4 Å². The van der Waals surface area contributed by atoms with Gasteiger partial charge >= 0.3 is 11.9 Å². The van der Waals surface area contributed by atoms with Crippen molar-refractivity contribution in [2.24, 2.45) is 5.73 Å². The van der Waals surface area contributed by atoms with Gasteiger partial charge in [-0.1, -0.05) is 23.8 Å². The van der Waals surface area contributed by atoms with E-state index in [-0.39, 0.29) is 6.73 Å². The maximum absolute atomic E-state index is 12.1. The summed E-state index contributed by atoms with van der Waals surface area (Å²) in [4.78, 5) is 30.0. The Morgan fingerprint density at radius 2 is 1.81 bits per heavy atom. The molecule has 0 radical (unpaired) electrons. The molecule has 14 nitrogen and oxygen atoms in total. The number of carboxylic acid groups (broad SMARTS) is 1. The maximum Gasteiger partial charge on any atom is 0.325 e. The van der Waals surface area contributed by atoms with Gasteiger partial charge in [-0.05, 0) is 32.0 Å². The Morgan fingerprint density at radius 3 is 2.58 bits per heavy atom. The lowest BCUT2D eigenvalue weighted by atomic mass is 10.1. The number of carbonyl (C=O) groups is 2. The first-order valence-corrected chi connectivity index (χ1v) is 13.8. The SMILES string of the molecule is Cc1cccc(-c2ccn(-c3cc(N4CCOCC4)n4nc(-c5cc(C)n(COC(=O)[C@@H](N)CC(=O)O)n5)cc4n3)n2)c1.